The van der Waals surface area contributed by atoms with Crippen LogP contribution < -0.4 is 20.1 Å². The number of rotatable bonds is 10. The molecule has 2 rings (SSSR count). The number of hydrogen-bond acceptors (Lipinski definition) is 6. The lowest BCUT2D eigenvalue weighted by Crippen LogP contribution is -2.15. The second-order valence-electron chi connectivity index (χ2n) is 5.87. The Balaban J connectivity index is 1.86. The van der Waals surface area contributed by atoms with E-state index in [9.17, 15) is 14.4 Å². The number of anilines is 2. The van der Waals surface area contributed by atoms with Crippen LogP contribution in [0.3, 0.4) is 0 Å². The highest BCUT2D eigenvalue weighted by Crippen LogP contribution is 2.29. The number of ether oxygens (including phenoxy) is 2. The van der Waals surface area contributed by atoms with E-state index >= 15 is 0 Å². The van der Waals surface area contributed by atoms with Crippen LogP contribution in [0.1, 0.15) is 12.8 Å². The highest BCUT2D eigenvalue weighted by molar-refractivity contribution is 8.00. The van der Waals surface area contributed by atoms with E-state index in [1.807, 2.05) is 0 Å². The number of carboxylic acids is 1. The Morgan fingerprint density at radius 1 is 0.931 bits per heavy atom. The number of carbonyl (C=O) groups is 3. The molecule has 0 spiro atoms. The van der Waals surface area contributed by atoms with Gasteiger partial charge in [-0.05, 0) is 36.4 Å². The molecule has 2 aromatic carbocycles. The number of aliphatic carboxylic acids is 1. The third-order valence-corrected chi connectivity index (χ3v) is 4.77. The molecule has 0 aliphatic heterocycles. The van der Waals surface area contributed by atoms with Crippen molar-refractivity contribution in [1.29, 1.82) is 0 Å². The lowest BCUT2D eigenvalue weighted by molar-refractivity contribution is -0.138. The van der Waals surface area contributed by atoms with Crippen LogP contribution in [0.25, 0.3) is 0 Å². The first-order chi connectivity index (χ1) is 13.9. The Hall–Kier alpha value is -3.20. The molecule has 29 heavy (non-hydrogen) atoms. The summed E-state index contributed by atoms with van der Waals surface area (Å²) >= 11 is 1.34. The van der Waals surface area contributed by atoms with Crippen molar-refractivity contribution in [2.75, 3.05) is 30.6 Å². The van der Waals surface area contributed by atoms with E-state index in [1.165, 1.54) is 18.9 Å². The average Bonchev–Trinajstić information content (AvgIpc) is 2.71. The minimum absolute atomic E-state index is 0.0836. The lowest BCUT2D eigenvalue weighted by Gasteiger charge is -2.11. The molecule has 2 aromatic rings. The Kier molecular flexibility index (Phi) is 8.35. The van der Waals surface area contributed by atoms with E-state index in [2.05, 4.69) is 10.6 Å². The van der Waals surface area contributed by atoms with Crippen LogP contribution in [0.4, 0.5) is 11.4 Å². The predicted molar refractivity (Wildman–Crippen MR) is 111 cm³/mol. The second kappa shape index (κ2) is 11.0. The largest absolute Gasteiger partial charge is 0.497 e. The summed E-state index contributed by atoms with van der Waals surface area (Å²) in [6.45, 7) is 0. The topological polar surface area (TPSA) is 114 Å². The summed E-state index contributed by atoms with van der Waals surface area (Å²) in [5.74, 6) is -0.254. The normalized spacial score (nSPS) is 10.1. The molecule has 0 aliphatic carbocycles. The molecule has 8 nitrogen and oxygen atoms in total. The summed E-state index contributed by atoms with van der Waals surface area (Å²) in [4.78, 5) is 35.2. The van der Waals surface area contributed by atoms with Crippen molar-refractivity contribution >= 4 is 40.9 Å². The first kappa shape index (κ1) is 22.1. The maximum atomic E-state index is 12.3. The number of benzene rings is 2. The first-order valence-electron chi connectivity index (χ1n) is 8.67. The maximum absolute atomic E-state index is 12.3. The Morgan fingerprint density at radius 3 is 2.28 bits per heavy atom. The van der Waals surface area contributed by atoms with Gasteiger partial charge >= 0.3 is 5.97 Å². The van der Waals surface area contributed by atoms with Gasteiger partial charge in [-0.15, -0.1) is 11.8 Å². The smallest absolute Gasteiger partial charge is 0.303 e. The van der Waals surface area contributed by atoms with Gasteiger partial charge in [-0.1, -0.05) is 0 Å². The van der Waals surface area contributed by atoms with Gasteiger partial charge in [0, 0.05) is 23.1 Å². The van der Waals surface area contributed by atoms with Crippen LogP contribution in [0.15, 0.2) is 47.4 Å². The highest BCUT2D eigenvalue weighted by atomic mass is 32.2. The molecule has 0 heterocycles. The summed E-state index contributed by atoms with van der Waals surface area (Å²) in [6.07, 6.45) is -0.299. The van der Waals surface area contributed by atoms with Crippen LogP contribution in [0.5, 0.6) is 11.5 Å². The van der Waals surface area contributed by atoms with E-state index in [1.54, 1.807) is 49.6 Å². The number of hydrogen-bond donors (Lipinski definition) is 3. The van der Waals surface area contributed by atoms with Gasteiger partial charge in [0.15, 0.2) is 0 Å². The van der Waals surface area contributed by atoms with Crippen molar-refractivity contribution in [2.45, 2.75) is 17.7 Å². The van der Waals surface area contributed by atoms with Gasteiger partial charge < -0.3 is 25.2 Å². The van der Waals surface area contributed by atoms with Crippen molar-refractivity contribution in [1.82, 2.24) is 0 Å². The SMILES string of the molecule is COc1ccc(OC)c(NC(=O)CSc2ccc(NC(=O)CCC(=O)O)cc2)c1. The third-order valence-electron chi connectivity index (χ3n) is 3.75. The fourth-order valence-electron chi connectivity index (χ4n) is 2.33. The fourth-order valence-corrected chi connectivity index (χ4v) is 3.02. The van der Waals surface area contributed by atoms with Gasteiger partial charge in [-0.25, -0.2) is 0 Å². The molecule has 9 heteroatoms. The van der Waals surface area contributed by atoms with Crippen molar-refractivity contribution in [3.05, 3.63) is 42.5 Å². The van der Waals surface area contributed by atoms with E-state index in [-0.39, 0.29) is 30.4 Å². The van der Waals surface area contributed by atoms with Crippen molar-refractivity contribution < 1.29 is 29.0 Å². The molecule has 0 aliphatic rings. The molecule has 0 saturated heterocycles. The minimum Gasteiger partial charge on any atom is -0.497 e. The first-order valence-corrected chi connectivity index (χ1v) is 9.66. The number of nitrogens with one attached hydrogen (secondary N) is 2. The Labute approximate surface area is 172 Å². The Bertz CT molecular complexity index is 870. The summed E-state index contributed by atoms with van der Waals surface area (Å²) in [6, 6.07) is 12.1. The summed E-state index contributed by atoms with van der Waals surface area (Å²) in [5.41, 5.74) is 1.09. The van der Waals surface area contributed by atoms with Crippen LogP contribution >= 0.6 is 11.8 Å². The molecule has 0 saturated carbocycles. The molecule has 3 N–H and O–H groups in total. The third kappa shape index (κ3) is 7.38. The molecular formula is C20H22N2O6S. The predicted octanol–water partition coefficient (Wildman–Crippen LogP) is 3.24. The fraction of sp³-hybridized carbons (Fsp3) is 0.250. The van der Waals surface area contributed by atoms with E-state index in [0.29, 0.717) is 22.9 Å². The van der Waals surface area contributed by atoms with Crippen molar-refractivity contribution in [3.63, 3.8) is 0 Å². The zero-order valence-electron chi connectivity index (χ0n) is 16.1. The van der Waals surface area contributed by atoms with Gasteiger partial charge in [0.1, 0.15) is 11.5 Å². The highest BCUT2D eigenvalue weighted by Gasteiger charge is 2.10. The summed E-state index contributed by atoms with van der Waals surface area (Å²) in [5, 5.41) is 14.0. The molecule has 0 fully saturated rings. The van der Waals surface area contributed by atoms with E-state index in [4.69, 9.17) is 14.6 Å². The van der Waals surface area contributed by atoms with Gasteiger partial charge in [0.2, 0.25) is 11.8 Å². The van der Waals surface area contributed by atoms with Crippen molar-refractivity contribution in [3.8, 4) is 11.5 Å². The van der Waals surface area contributed by atoms with Gasteiger partial charge in [0.05, 0.1) is 32.1 Å². The lowest BCUT2D eigenvalue weighted by atomic mass is 10.2. The maximum Gasteiger partial charge on any atom is 0.303 e. The number of carboxylic acid groups (broad SMARTS) is 1. The van der Waals surface area contributed by atoms with Crippen LogP contribution in [-0.2, 0) is 14.4 Å². The van der Waals surface area contributed by atoms with E-state index in [0.717, 1.165) is 4.90 Å². The van der Waals surface area contributed by atoms with E-state index < -0.39 is 5.97 Å². The number of amides is 2. The minimum atomic E-state index is -1.02. The quantitative estimate of drug-likeness (QED) is 0.508. The summed E-state index contributed by atoms with van der Waals surface area (Å²) < 4.78 is 10.4. The summed E-state index contributed by atoms with van der Waals surface area (Å²) in [7, 11) is 3.07. The second-order valence-corrected chi connectivity index (χ2v) is 6.92. The zero-order chi connectivity index (χ0) is 21.2. The average molecular weight is 418 g/mol. The molecule has 0 bridgehead atoms. The van der Waals surface area contributed by atoms with Crippen LogP contribution in [0.2, 0.25) is 0 Å². The molecular weight excluding hydrogens is 396 g/mol. The Morgan fingerprint density at radius 2 is 1.66 bits per heavy atom. The van der Waals surface area contributed by atoms with Gasteiger partial charge in [-0.2, -0.15) is 0 Å². The van der Waals surface area contributed by atoms with Gasteiger partial charge in [0.25, 0.3) is 0 Å². The van der Waals surface area contributed by atoms with Crippen LogP contribution in [-0.4, -0.2) is 42.9 Å². The number of carbonyl (C=O) groups excluding carboxylic acids is 2. The standard InChI is InChI=1S/C20H22N2O6S/c1-27-14-5-8-17(28-2)16(11-14)22-19(24)12-29-15-6-3-13(4-7-15)21-18(23)9-10-20(25)26/h3-8,11H,9-10,12H2,1-2H3,(H,21,23)(H,22,24)(H,25,26). The molecule has 2 amide bonds. The number of methoxy groups -OCH3 is 2. The van der Waals surface area contributed by atoms with Crippen LogP contribution in [0, 0.1) is 0 Å². The number of thioether (sulfide) groups is 1. The molecule has 154 valence electrons. The molecule has 0 unspecified atom stereocenters. The van der Waals surface area contributed by atoms with Gasteiger partial charge in [-0.3, -0.25) is 14.4 Å². The molecule has 0 radical (unpaired) electrons. The molecule has 0 atom stereocenters. The monoisotopic (exact) mass is 418 g/mol. The molecule has 0 aromatic heterocycles. The zero-order valence-corrected chi connectivity index (χ0v) is 16.9. The van der Waals surface area contributed by atoms with Crippen molar-refractivity contribution in [2.24, 2.45) is 0 Å².